The summed E-state index contributed by atoms with van der Waals surface area (Å²) in [7, 11) is 3.82. The number of hydrogen-bond donors (Lipinski definition) is 1. The average Bonchev–Trinajstić information content (AvgIpc) is 3.33. The Hall–Kier alpha value is -2.67. The number of rotatable bonds is 5. The highest BCUT2D eigenvalue weighted by Gasteiger charge is 2.21. The second kappa shape index (κ2) is 7.29. The monoisotopic (exact) mass is 353 g/mol. The van der Waals surface area contributed by atoms with Gasteiger partial charge in [-0.3, -0.25) is 5.10 Å². The Kier molecular flexibility index (Phi) is 4.71. The van der Waals surface area contributed by atoms with Crippen LogP contribution in [0.4, 0.5) is 0 Å². The van der Waals surface area contributed by atoms with Crippen LogP contribution in [0.25, 0.3) is 22.7 Å². The van der Waals surface area contributed by atoms with E-state index in [-0.39, 0.29) is 0 Å². The zero-order chi connectivity index (χ0) is 17.9. The first-order valence-corrected chi connectivity index (χ1v) is 8.92. The number of H-pyrrole nitrogens is 1. The van der Waals surface area contributed by atoms with Gasteiger partial charge >= 0.3 is 0 Å². The molecule has 2 aromatic heterocycles. The van der Waals surface area contributed by atoms with Crippen molar-refractivity contribution in [3.8, 4) is 28.5 Å². The second-order valence-electron chi connectivity index (χ2n) is 6.86. The van der Waals surface area contributed by atoms with Gasteiger partial charge in [-0.1, -0.05) is 17.3 Å². The number of ether oxygens (including phenoxy) is 1. The molecular weight excluding hydrogens is 330 g/mol. The zero-order valence-electron chi connectivity index (χ0n) is 15.1. The summed E-state index contributed by atoms with van der Waals surface area (Å²) >= 11 is 0. The van der Waals surface area contributed by atoms with E-state index in [9.17, 15) is 0 Å². The van der Waals surface area contributed by atoms with E-state index in [1.54, 1.807) is 13.3 Å². The van der Waals surface area contributed by atoms with Gasteiger partial charge in [0.05, 0.1) is 24.6 Å². The lowest BCUT2D eigenvalue weighted by Crippen LogP contribution is -2.31. The first-order valence-electron chi connectivity index (χ1n) is 8.92. The van der Waals surface area contributed by atoms with Gasteiger partial charge in [0.25, 0.3) is 5.89 Å². The van der Waals surface area contributed by atoms with E-state index in [0.717, 1.165) is 47.9 Å². The lowest BCUT2D eigenvalue weighted by atomic mass is 9.94. The third-order valence-corrected chi connectivity index (χ3v) is 5.01. The fraction of sp³-hybridized carbons (Fsp3) is 0.421. The summed E-state index contributed by atoms with van der Waals surface area (Å²) in [5, 5.41) is 11.4. The number of methoxy groups -OCH3 is 1. The van der Waals surface area contributed by atoms with Gasteiger partial charge < -0.3 is 14.2 Å². The molecule has 3 heterocycles. The van der Waals surface area contributed by atoms with Crippen molar-refractivity contribution in [1.82, 2.24) is 25.2 Å². The summed E-state index contributed by atoms with van der Waals surface area (Å²) in [6.45, 7) is 2.27. The normalized spacial score (nSPS) is 16.1. The molecule has 26 heavy (non-hydrogen) atoms. The number of likely N-dealkylation sites (tertiary alicyclic amines) is 1. The highest BCUT2D eigenvalue weighted by atomic mass is 16.5. The van der Waals surface area contributed by atoms with Crippen LogP contribution in [-0.2, 0) is 6.42 Å². The Bertz CT molecular complexity index is 864. The second-order valence-corrected chi connectivity index (χ2v) is 6.86. The number of aromatic amines is 1. The van der Waals surface area contributed by atoms with Gasteiger partial charge in [-0.05, 0) is 51.0 Å². The maximum Gasteiger partial charge on any atom is 0.261 e. The van der Waals surface area contributed by atoms with Crippen molar-refractivity contribution in [2.45, 2.75) is 19.3 Å². The molecule has 1 N–H and O–H groups in total. The van der Waals surface area contributed by atoms with Gasteiger partial charge in [0, 0.05) is 12.0 Å². The molecule has 1 aromatic carbocycles. The molecule has 1 saturated heterocycles. The van der Waals surface area contributed by atoms with Crippen molar-refractivity contribution in [2.75, 3.05) is 27.2 Å². The molecule has 1 aliphatic rings. The van der Waals surface area contributed by atoms with Crippen LogP contribution in [0.1, 0.15) is 18.7 Å². The fourth-order valence-electron chi connectivity index (χ4n) is 3.42. The summed E-state index contributed by atoms with van der Waals surface area (Å²) < 4.78 is 10.8. The maximum absolute atomic E-state index is 5.53. The van der Waals surface area contributed by atoms with Crippen LogP contribution in [0.3, 0.4) is 0 Å². The Labute approximate surface area is 152 Å². The Morgan fingerprint density at radius 2 is 2.15 bits per heavy atom. The highest BCUT2D eigenvalue weighted by molar-refractivity contribution is 5.76. The molecule has 136 valence electrons. The van der Waals surface area contributed by atoms with Crippen molar-refractivity contribution in [3.05, 3.63) is 36.3 Å². The van der Waals surface area contributed by atoms with Crippen LogP contribution in [-0.4, -0.2) is 52.5 Å². The first kappa shape index (κ1) is 16.8. The Balaban J connectivity index is 1.54. The molecule has 1 fully saturated rings. The molecule has 0 aliphatic carbocycles. The number of nitrogens with one attached hydrogen (secondary N) is 1. The first-order chi connectivity index (χ1) is 12.7. The molecule has 0 atom stereocenters. The topological polar surface area (TPSA) is 80.1 Å². The molecule has 4 rings (SSSR count). The lowest BCUT2D eigenvalue weighted by Gasteiger charge is -2.27. The summed E-state index contributed by atoms with van der Waals surface area (Å²) in [6, 6.07) is 7.80. The van der Waals surface area contributed by atoms with Gasteiger partial charge in [-0.15, -0.1) is 0 Å². The lowest BCUT2D eigenvalue weighted by molar-refractivity contribution is 0.216. The van der Waals surface area contributed by atoms with Crippen LogP contribution in [0.5, 0.6) is 5.75 Å². The summed E-state index contributed by atoms with van der Waals surface area (Å²) in [5.41, 5.74) is 2.62. The van der Waals surface area contributed by atoms with Crippen LogP contribution in [0, 0.1) is 5.92 Å². The number of hydrogen-bond acceptors (Lipinski definition) is 6. The van der Waals surface area contributed by atoms with Gasteiger partial charge in [-0.2, -0.15) is 10.1 Å². The Morgan fingerprint density at radius 1 is 1.31 bits per heavy atom. The molecule has 0 amide bonds. The molecular formula is C19H23N5O2. The van der Waals surface area contributed by atoms with Gasteiger partial charge in [0.15, 0.2) is 5.82 Å². The number of aromatic nitrogens is 4. The standard InChI is InChI=1S/C19H23N5O2/c1-24-8-6-13(7-9-24)10-17-21-19(26-23-17)16-12-20-22-18(16)14-4-3-5-15(11-14)25-2/h3-5,11-13H,6-10H2,1-2H3,(H,20,22). The molecule has 0 radical (unpaired) electrons. The quantitative estimate of drug-likeness (QED) is 0.759. The van der Waals surface area contributed by atoms with Crippen molar-refractivity contribution in [3.63, 3.8) is 0 Å². The minimum absolute atomic E-state index is 0.500. The molecule has 7 heteroatoms. The van der Waals surface area contributed by atoms with Gasteiger partial charge in [0.2, 0.25) is 0 Å². The summed E-state index contributed by atoms with van der Waals surface area (Å²) in [5.74, 6) is 2.68. The number of benzene rings is 1. The fourth-order valence-corrected chi connectivity index (χ4v) is 3.42. The third kappa shape index (κ3) is 3.48. The van der Waals surface area contributed by atoms with E-state index in [1.165, 1.54) is 12.8 Å². The van der Waals surface area contributed by atoms with Crippen LogP contribution in [0.15, 0.2) is 35.0 Å². The molecule has 0 bridgehead atoms. The average molecular weight is 353 g/mol. The minimum atomic E-state index is 0.500. The van der Waals surface area contributed by atoms with E-state index >= 15 is 0 Å². The Morgan fingerprint density at radius 3 is 2.96 bits per heavy atom. The smallest absolute Gasteiger partial charge is 0.261 e. The van der Waals surface area contributed by atoms with Crippen molar-refractivity contribution in [2.24, 2.45) is 5.92 Å². The van der Waals surface area contributed by atoms with E-state index < -0.39 is 0 Å². The molecule has 0 saturated carbocycles. The molecule has 1 aliphatic heterocycles. The highest BCUT2D eigenvalue weighted by Crippen LogP contribution is 2.31. The zero-order valence-corrected chi connectivity index (χ0v) is 15.1. The number of piperidine rings is 1. The van der Waals surface area contributed by atoms with E-state index in [0.29, 0.717) is 11.8 Å². The van der Waals surface area contributed by atoms with E-state index in [1.807, 2.05) is 24.3 Å². The minimum Gasteiger partial charge on any atom is -0.497 e. The molecule has 0 spiro atoms. The molecule has 7 nitrogen and oxygen atoms in total. The maximum atomic E-state index is 5.53. The van der Waals surface area contributed by atoms with Gasteiger partial charge in [-0.25, -0.2) is 0 Å². The molecule has 3 aromatic rings. The van der Waals surface area contributed by atoms with E-state index in [2.05, 4.69) is 32.3 Å². The van der Waals surface area contributed by atoms with Crippen LogP contribution >= 0.6 is 0 Å². The largest absolute Gasteiger partial charge is 0.497 e. The summed E-state index contributed by atoms with van der Waals surface area (Å²) in [4.78, 5) is 6.98. The van der Waals surface area contributed by atoms with Crippen molar-refractivity contribution < 1.29 is 9.26 Å². The molecule has 0 unspecified atom stereocenters. The number of nitrogens with zero attached hydrogens (tertiary/aromatic N) is 4. The van der Waals surface area contributed by atoms with Crippen molar-refractivity contribution >= 4 is 0 Å². The summed E-state index contributed by atoms with van der Waals surface area (Å²) in [6.07, 6.45) is 4.95. The van der Waals surface area contributed by atoms with Crippen molar-refractivity contribution in [1.29, 1.82) is 0 Å². The van der Waals surface area contributed by atoms with E-state index in [4.69, 9.17) is 9.26 Å². The van der Waals surface area contributed by atoms with Crippen LogP contribution in [0.2, 0.25) is 0 Å². The predicted octanol–water partition coefficient (Wildman–Crippen LogP) is 3.02. The third-order valence-electron chi connectivity index (χ3n) is 5.01. The predicted molar refractivity (Wildman–Crippen MR) is 97.8 cm³/mol. The van der Waals surface area contributed by atoms with Gasteiger partial charge in [0.1, 0.15) is 5.75 Å². The SMILES string of the molecule is COc1cccc(-c2[nH]ncc2-c2nc(CC3CCN(C)CC3)no2)c1. The van der Waals surface area contributed by atoms with Crippen LogP contribution < -0.4 is 4.74 Å².